The number of nitrogens with two attached hydrogens (primary N) is 1. The summed E-state index contributed by atoms with van der Waals surface area (Å²) in [4.78, 5) is 0. The first kappa shape index (κ1) is 9.34. The fraction of sp³-hybridized carbons (Fsp3) is 0.182. The van der Waals surface area contributed by atoms with E-state index in [4.69, 9.17) is 11.0 Å². The SMILES string of the molecule is Cc1cccc(N)c1C=CCC#N. The molecule has 2 N–H and O–H groups in total. The fourth-order valence-electron chi connectivity index (χ4n) is 1.16. The zero-order chi connectivity index (χ0) is 9.68. The van der Waals surface area contributed by atoms with E-state index in [0.717, 1.165) is 16.8 Å². The quantitative estimate of drug-likeness (QED) is 0.697. The van der Waals surface area contributed by atoms with Gasteiger partial charge in [0, 0.05) is 11.3 Å². The van der Waals surface area contributed by atoms with Crippen LogP contribution in [0.5, 0.6) is 0 Å². The van der Waals surface area contributed by atoms with Crippen LogP contribution in [-0.2, 0) is 0 Å². The number of allylic oxidation sites excluding steroid dienone is 1. The molecule has 1 aromatic carbocycles. The first-order valence-corrected chi connectivity index (χ1v) is 4.14. The van der Waals surface area contributed by atoms with Gasteiger partial charge in [-0.3, -0.25) is 0 Å². The molecule has 0 saturated heterocycles. The van der Waals surface area contributed by atoms with E-state index in [0.29, 0.717) is 6.42 Å². The lowest BCUT2D eigenvalue weighted by Gasteiger charge is -2.03. The molecular weight excluding hydrogens is 160 g/mol. The monoisotopic (exact) mass is 172 g/mol. The van der Waals surface area contributed by atoms with Gasteiger partial charge >= 0.3 is 0 Å². The molecule has 0 bridgehead atoms. The number of nitriles is 1. The third kappa shape index (κ3) is 2.34. The summed E-state index contributed by atoms with van der Waals surface area (Å²) in [5.41, 5.74) is 8.67. The number of nitrogens with zero attached hydrogens (tertiary/aromatic N) is 1. The Labute approximate surface area is 78.3 Å². The summed E-state index contributed by atoms with van der Waals surface area (Å²) < 4.78 is 0. The van der Waals surface area contributed by atoms with Crippen molar-refractivity contribution in [3.63, 3.8) is 0 Å². The van der Waals surface area contributed by atoms with Crippen LogP contribution in [-0.4, -0.2) is 0 Å². The van der Waals surface area contributed by atoms with Crippen LogP contribution in [0.1, 0.15) is 17.5 Å². The number of hydrogen-bond acceptors (Lipinski definition) is 2. The van der Waals surface area contributed by atoms with Crippen LogP contribution < -0.4 is 5.73 Å². The van der Waals surface area contributed by atoms with Crippen LogP contribution in [0.4, 0.5) is 5.69 Å². The molecule has 2 heteroatoms. The lowest BCUT2D eigenvalue weighted by atomic mass is 10.1. The van der Waals surface area contributed by atoms with E-state index < -0.39 is 0 Å². The Bertz CT molecular complexity index is 339. The Morgan fingerprint density at radius 2 is 2.31 bits per heavy atom. The maximum Gasteiger partial charge on any atom is 0.0663 e. The van der Waals surface area contributed by atoms with Crippen LogP contribution in [0, 0.1) is 18.3 Å². The molecule has 0 spiro atoms. The largest absolute Gasteiger partial charge is 0.398 e. The number of aryl methyl sites for hydroxylation is 1. The van der Waals surface area contributed by atoms with Crippen molar-refractivity contribution in [2.45, 2.75) is 13.3 Å². The van der Waals surface area contributed by atoms with Gasteiger partial charge in [-0.1, -0.05) is 24.3 Å². The number of nitrogen functional groups attached to an aromatic ring is 1. The Balaban J connectivity index is 2.94. The van der Waals surface area contributed by atoms with Crippen molar-refractivity contribution < 1.29 is 0 Å². The van der Waals surface area contributed by atoms with Crippen molar-refractivity contribution in [2.75, 3.05) is 5.73 Å². The molecule has 66 valence electrons. The third-order valence-electron chi connectivity index (χ3n) is 1.85. The van der Waals surface area contributed by atoms with Gasteiger partial charge in [0.2, 0.25) is 0 Å². The fourth-order valence-corrected chi connectivity index (χ4v) is 1.16. The van der Waals surface area contributed by atoms with Crippen LogP contribution in [0.15, 0.2) is 24.3 Å². The molecule has 13 heavy (non-hydrogen) atoms. The van der Waals surface area contributed by atoms with Gasteiger partial charge in [-0.25, -0.2) is 0 Å². The van der Waals surface area contributed by atoms with E-state index >= 15 is 0 Å². The second kappa shape index (κ2) is 4.32. The standard InChI is InChI=1S/C11H12N2/c1-9-5-4-7-11(13)10(9)6-2-3-8-12/h2,4-7H,3,13H2,1H3. The van der Waals surface area contributed by atoms with Gasteiger partial charge in [-0.2, -0.15) is 5.26 Å². The van der Waals surface area contributed by atoms with Gasteiger partial charge in [-0.15, -0.1) is 0 Å². The minimum Gasteiger partial charge on any atom is -0.398 e. The van der Waals surface area contributed by atoms with E-state index in [1.807, 2.05) is 43.3 Å². The summed E-state index contributed by atoms with van der Waals surface area (Å²) in [6.45, 7) is 2.00. The van der Waals surface area contributed by atoms with Crippen molar-refractivity contribution in [3.05, 3.63) is 35.4 Å². The number of anilines is 1. The van der Waals surface area contributed by atoms with Crippen molar-refractivity contribution in [3.8, 4) is 6.07 Å². The van der Waals surface area contributed by atoms with E-state index in [1.54, 1.807) is 0 Å². The highest BCUT2D eigenvalue weighted by molar-refractivity contribution is 5.67. The summed E-state index contributed by atoms with van der Waals surface area (Å²) in [6, 6.07) is 7.83. The van der Waals surface area contributed by atoms with Gasteiger partial charge in [0.15, 0.2) is 0 Å². The molecule has 1 rings (SSSR count). The number of rotatable bonds is 2. The second-order valence-corrected chi connectivity index (χ2v) is 2.84. The molecular formula is C11H12N2. The van der Waals surface area contributed by atoms with E-state index in [1.165, 1.54) is 0 Å². The molecule has 0 aliphatic carbocycles. The zero-order valence-corrected chi connectivity index (χ0v) is 7.62. The Morgan fingerprint density at radius 1 is 1.54 bits per heavy atom. The van der Waals surface area contributed by atoms with Crippen LogP contribution in [0.3, 0.4) is 0 Å². The molecule has 0 unspecified atom stereocenters. The predicted molar refractivity (Wildman–Crippen MR) is 54.9 cm³/mol. The van der Waals surface area contributed by atoms with Crippen LogP contribution in [0.25, 0.3) is 6.08 Å². The first-order chi connectivity index (χ1) is 6.25. The molecule has 0 amide bonds. The average Bonchev–Trinajstić information content (AvgIpc) is 2.10. The molecule has 0 heterocycles. The maximum atomic E-state index is 8.35. The zero-order valence-electron chi connectivity index (χ0n) is 7.62. The van der Waals surface area contributed by atoms with Crippen molar-refractivity contribution >= 4 is 11.8 Å². The van der Waals surface area contributed by atoms with Crippen molar-refractivity contribution in [1.82, 2.24) is 0 Å². The highest BCUT2D eigenvalue weighted by Gasteiger charge is 1.96. The topological polar surface area (TPSA) is 49.8 Å². The highest BCUT2D eigenvalue weighted by Crippen LogP contribution is 2.17. The minimum atomic E-state index is 0.424. The van der Waals surface area contributed by atoms with E-state index in [9.17, 15) is 0 Å². The highest BCUT2D eigenvalue weighted by atomic mass is 14.6. The van der Waals surface area contributed by atoms with Crippen LogP contribution in [0.2, 0.25) is 0 Å². The summed E-state index contributed by atoms with van der Waals surface area (Å²) >= 11 is 0. The molecule has 0 radical (unpaired) electrons. The van der Waals surface area contributed by atoms with Crippen LogP contribution >= 0.6 is 0 Å². The maximum absolute atomic E-state index is 8.35. The molecule has 0 aromatic heterocycles. The summed E-state index contributed by atoms with van der Waals surface area (Å²) in [6.07, 6.45) is 4.14. The Kier molecular flexibility index (Phi) is 3.10. The molecule has 0 aliphatic rings. The van der Waals surface area contributed by atoms with E-state index in [-0.39, 0.29) is 0 Å². The molecule has 1 aromatic rings. The molecule has 0 fully saturated rings. The first-order valence-electron chi connectivity index (χ1n) is 4.14. The van der Waals surface area contributed by atoms with Gasteiger partial charge in [0.1, 0.15) is 0 Å². The van der Waals surface area contributed by atoms with Gasteiger partial charge < -0.3 is 5.73 Å². The minimum absolute atomic E-state index is 0.424. The third-order valence-corrected chi connectivity index (χ3v) is 1.85. The molecule has 2 nitrogen and oxygen atoms in total. The summed E-state index contributed by atoms with van der Waals surface area (Å²) in [7, 11) is 0. The summed E-state index contributed by atoms with van der Waals surface area (Å²) in [5.74, 6) is 0. The van der Waals surface area contributed by atoms with Gasteiger partial charge in [0.25, 0.3) is 0 Å². The Hall–Kier alpha value is -1.75. The van der Waals surface area contributed by atoms with E-state index in [2.05, 4.69) is 0 Å². The number of benzene rings is 1. The van der Waals surface area contributed by atoms with Crippen molar-refractivity contribution in [1.29, 1.82) is 5.26 Å². The lowest BCUT2D eigenvalue weighted by molar-refractivity contribution is 1.36. The molecule has 0 saturated carbocycles. The predicted octanol–water partition coefficient (Wildman–Crippen LogP) is 2.50. The van der Waals surface area contributed by atoms with Gasteiger partial charge in [-0.05, 0) is 18.6 Å². The number of hydrogen-bond donors (Lipinski definition) is 1. The second-order valence-electron chi connectivity index (χ2n) is 2.84. The normalized spacial score (nSPS) is 10.2. The average molecular weight is 172 g/mol. The summed E-state index contributed by atoms with van der Waals surface area (Å²) in [5, 5.41) is 8.35. The molecule has 0 atom stereocenters. The lowest BCUT2D eigenvalue weighted by Crippen LogP contribution is -1.91. The molecule has 0 aliphatic heterocycles. The van der Waals surface area contributed by atoms with Crippen molar-refractivity contribution in [2.24, 2.45) is 0 Å². The smallest absolute Gasteiger partial charge is 0.0663 e. The van der Waals surface area contributed by atoms with Gasteiger partial charge in [0.05, 0.1) is 12.5 Å². The Morgan fingerprint density at radius 3 is 2.92 bits per heavy atom.